The molecule has 1 saturated heterocycles. The number of nitrogens with zero attached hydrogens (tertiary/aromatic N) is 1. The van der Waals surface area contributed by atoms with Gasteiger partial charge in [0.25, 0.3) is 0 Å². The quantitative estimate of drug-likeness (QED) is 0.644. The number of unbranched alkanes of at least 4 members (excludes halogenated alkanes) is 1. The van der Waals surface area contributed by atoms with E-state index in [-0.39, 0.29) is 0 Å². The molecule has 0 radical (unpaired) electrons. The number of rotatable bonds is 9. The molecular formula is C15H32N2O. The molecule has 2 N–H and O–H groups in total. The third-order valence-electron chi connectivity index (χ3n) is 3.75. The second-order valence-corrected chi connectivity index (χ2v) is 6.03. The number of ether oxygens (including phenoxy) is 1. The van der Waals surface area contributed by atoms with Gasteiger partial charge in [-0.1, -0.05) is 26.7 Å². The van der Waals surface area contributed by atoms with E-state index in [0.717, 1.165) is 38.1 Å². The number of hydrogen-bond acceptors (Lipinski definition) is 3. The SMILES string of the molecule is CC(C)CN(CCN)CCCCC1CCOCC1. The van der Waals surface area contributed by atoms with Crippen molar-refractivity contribution in [1.82, 2.24) is 4.90 Å². The molecule has 0 aromatic rings. The second kappa shape index (κ2) is 9.76. The Labute approximate surface area is 113 Å². The van der Waals surface area contributed by atoms with Crippen LogP contribution >= 0.6 is 0 Å². The molecule has 0 saturated carbocycles. The van der Waals surface area contributed by atoms with Crippen LogP contribution in [-0.2, 0) is 4.74 Å². The van der Waals surface area contributed by atoms with E-state index < -0.39 is 0 Å². The molecule has 0 spiro atoms. The van der Waals surface area contributed by atoms with Crippen molar-refractivity contribution < 1.29 is 4.74 Å². The Balaban J connectivity index is 2.06. The number of nitrogens with two attached hydrogens (primary N) is 1. The van der Waals surface area contributed by atoms with Gasteiger partial charge in [0, 0.05) is 32.8 Å². The molecule has 1 fully saturated rings. The molecule has 0 amide bonds. The van der Waals surface area contributed by atoms with Crippen LogP contribution in [0.2, 0.25) is 0 Å². The minimum atomic E-state index is 0.743. The van der Waals surface area contributed by atoms with Gasteiger partial charge in [-0.3, -0.25) is 0 Å². The molecule has 0 aromatic carbocycles. The molecule has 1 aliphatic heterocycles. The van der Waals surface area contributed by atoms with Gasteiger partial charge in [-0.05, 0) is 37.6 Å². The third kappa shape index (κ3) is 7.34. The van der Waals surface area contributed by atoms with Crippen LogP contribution in [0.1, 0.15) is 46.0 Å². The lowest BCUT2D eigenvalue weighted by molar-refractivity contribution is 0.0628. The largest absolute Gasteiger partial charge is 0.381 e. The summed E-state index contributed by atoms with van der Waals surface area (Å²) in [5, 5.41) is 0. The first-order valence-corrected chi connectivity index (χ1v) is 7.72. The Morgan fingerprint density at radius 3 is 2.50 bits per heavy atom. The summed E-state index contributed by atoms with van der Waals surface area (Å²) >= 11 is 0. The van der Waals surface area contributed by atoms with E-state index in [4.69, 9.17) is 10.5 Å². The Morgan fingerprint density at radius 2 is 1.89 bits per heavy atom. The van der Waals surface area contributed by atoms with E-state index in [0.29, 0.717) is 0 Å². The van der Waals surface area contributed by atoms with Crippen molar-refractivity contribution >= 4 is 0 Å². The molecule has 0 atom stereocenters. The summed E-state index contributed by atoms with van der Waals surface area (Å²) in [6.45, 7) is 10.8. The molecule has 0 aromatic heterocycles. The average Bonchev–Trinajstić information content (AvgIpc) is 2.35. The zero-order valence-electron chi connectivity index (χ0n) is 12.4. The van der Waals surface area contributed by atoms with Crippen LogP contribution in [0, 0.1) is 11.8 Å². The fourth-order valence-electron chi connectivity index (χ4n) is 2.80. The molecule has 1 heterocycles. The molecule has 108 valence electrons. The van der Waals surface area contributed by atoms with E-state index in [1.165, 1.54) is 45.2 Å². The molecule has 18 heavy (non-hydrogen) atoms. The third-order valence-corrected chi connectivity index (χ3v) is 3.75. The summed E-state index contributed by atoms with van der Waals surface area (Å²) in [5.74, 6) is 1.67. The van der Waals surface area contributed by atoms with Crippen molar-refractivity contribution in [3.05, 3.63) is 0 Å². The molecule has 1 aliphatic rings. The van der Waals surface area contributed by atoms with E-state index in [2.05, 4.69) is 18.7 Å². The standard InChI is InChI=1S/C15H32N2O/c1-14(2)13-17(10-8-16)9-4-3-5-15-6-11-18-12-7-15/h14-15H,3-13,16H2,1-2H3. The van der Waals surface area contributed by atoms with Crippen molar-refractivity contribution in [1.29, 1.82) is 0 Å². The van der Waals surface area contributed by atoms with Crippen LogP contribution in [0.25, 0.3) is 0 Å². The lowest BCUT2D eigenvalue weighted by atomic mass is 9.94. The van der Waals surface area contributed by atoms with Gasteiger partial charge >= 0.3 is 0 Å². The predicted octanol–water partition coefficient (Wildman–Crippen LogP) is 2.50. The summed E-state index contributed by atoms with van der Waals surface area (Å²) in [6, 6.07) is 0. The molecule has 1 rings (SSSR count). The van der Waals surface area contributed by atoms with Crippen molar-refractivity contribution in [2.45, 2.75) is 46.0 Å². The normalized spacial score (nSPS) is 17.8. The van der Waals surface area contributed by atoms with Crippen LogP contribution in [0.5, 0.6) is 0 Å². The van der Waals surface area contributed by atoms with E-state index in [1.54, 1.807) is 0 Å². The Bertz CT molecular complexity index is 191. The van der Waals surface area contributed by atoms with Crippen molar-refractivity contribution in [2.75, 3.05) is 39.4 Å². The van der Waals surface area contributed by atoms with Crippen molar-refractivity contribution in [3.8, 4) is 0 Å². The highest BCUT2D eigenvalue weighted by atomic mass is 16.5. The first kappa shape index (κ1) is 15.9. The average molecular weight is 256 g/mol. The zero-order valence-corrected chi connectivity index (χ0v) is 12.4. The van der Waals surface area contributed by atoms with Gasteiger partial charge < -0.3 is 15.4 Å². The van der Waals surface area contributed by atoms with E-state index in [9.17, 15) is 0 Å². The first-order valence-electron chi connectivity index (χ1n) is 7.72. The van der Waals surface area contributed by atoms with E-state index >= 15 is 0 Å². The number of hydrogen-bond donors (Lipinski definition) is 1. The lowest BCUT2D eigenvalue weighted by Gasteiger charge is -2.25. The maximum Gasteiger partial charge on any atom is 0.0468 e. The predicted molar refractivity (Wildman–Crippen MR) is 77.7 cm³/mol. The highest BCUT2D eigenvalue weighted by molar-refractivity contribution is 4.65. The summed E-state index contributed by atoms with van der Waals surface area (Å²) < 4.78 is 5.40. The highest BCUT2D eigenvalue weighted by Crippen LogP contribution is 2.20. The fraction of sp³-hybridized carbons (Fsp3) is 1.00. The van der Waals surface area contributed by atoms with Gasteiger partial charge in [-0.15, -0.1) is 0 Å². The van der Waals surface area contributed by atoms with Crippen LogP contribution in [0.3, 0.4) is 0 Å². The van der Waals surface area contributed by atoms with Gasteiger partial charge in [0.1, 0.15) is 0 Å². The molecule has 0 unspecified atom stereocenters. The minimum absolute atomic E-state index is 0.743. The van der Waals surface area contributed by atoms with Crippen LogP contribution in [0.4, 0.5) is 0 Å². The summed E-state index contributed by atoms with van der Waals surface area (Å²) in [6.07, 6.45) is 6.63. The first-order chi connectivity index (χ1) is 8.72. The molecule has 3 heteroatoms. The molecule has 0 bridgehead atoms. The summed E-state index contributed by atoms with van der Waals surface area (Å²) in [5.41, 5.74) is 5.67. The van der Waals surface area contributed by atoms with Crippen molar-refractivity contribution in [3.63, 3.8) is 0 Å². The zero-order chi connectivity index (χ0) is 13.2. The lowest BCUT2D eigenvalue weighted by Crippen LogP contribution is -2.33. The highest BCUT2D eigenvalue weighted by Gasteiger charge is 2.13. The van der Waals surface area contributed by atoms with Crippen LogP contribution in [-0.4, -0.2) is 44.3 Å². The Morgan fingerprint density at radius 1 is 1.17 bits per heavy atom. The smallest absolute Gasteiger partial charge is 0.0468 e. The van der Waals surface area contributed by atoms with Crippen molar-refractivity contribution in [2.24, 2.45) is 17.6 Å². The Kier molecular flexibility index (Phi) is 8.64. The van der Waals surface area contributed by atoms with Gasteiger partial charge in [0.15, 0.2) is 0 Å². The van der Waals surface area contributed by atoms with Gasteiger partial charge in [-0.25, -0.2) is 0 Å². The summed E-state index contributed by atoms with van der Waals surface area (Å²) in [4.78, 5) is 2.52. The summed E-state index contributed by atoms with van der Waals surface area (Å²) in [7, 11) is 0. The van der Waals surface area contributed by atoms with Crippen LogP contribution in [0.15, 0.2) is 0 Å². The van der Waals surface area contributed by atoms with Gasteiger partial charge in [0.05, 0.1) is 0 Å². The topological polar surface area (TPSA) is 38.5 Å². The second-order valence-electron chi connectivity index (χ2n) is 6.03. The fourth-order valence-corrected chi connectivity index (χ4v) is 2.80. The maximum absolute atomic E-state index is 5.67. The Hall–Kier alpha value is -0.120. The molecule has 0 aliphatic carbocycles. The minimum Gasteiger partial charge on any atom is -0.381 e. The van der Waals surface area contributed by atoms with Crippen LogP contribution < -0.4 is 5.73 Å². The van der Waals surface area contributed by atoms with Gasteiger partial charge in [-0.2, -0.15) is 0 Å². The monoisotopic (exact) mass is 256 g/mol. The van der Waals surface area contributed by atoms with E-state index in [1.807, 2.05) is 0 Å². The molecular weight excluding hydrogens is 224 g/mol. The maximum atomic E-state index is 5.67. The van der Waals surface area contributed by atoms with Gasteiger partial charge in [0.2, 0.25) is 0 Å². The molecule has 3 nitrogen and oxygen atoms in total.